The van der Waals surface area contributed by atoms with Gasteiger partial charge in [-0.25, -0.2) is 4.39 Å². The summed E-state index contributed by atoms with van der Waals surface area (Å²) in [5.74, 6) is -0.313. The molecule has 0 fully saturated rings. The van der Waals surface area contributed by atoms with Crippen LogP contribution < -0.4 is 0 Å². The van der Waals surface area contributed by atoms with Gasteiger partial charge < -0.3 is 0 Å². The average molecular weight is 149 g/mol. The molecule has 1 rings (SSSR count). The van der Waals surface area contributed by atoms with E-state index in [-0.39, 0.29) is 5.82 Å². The van der Waals surface area contributed by atoms with Crippen LogP contribution in [0.3, 0.4) is 0 Å². The monoisotopic (exact) mass is 149 g/mol. The summed E-state index contributed by atoms with van der Waals surface area (Å²) in [7, 11) is 0. The molecule has 56 valence electrons. The molecule has 1 nitrogen and oxygen atoms in total. The Balaban J connectivity index is 3.44. The SMILES string of the molecule is Cc1ccc(F)c(C)c1C#N. The fourth-order valence-electron chi connectivity index (χ4n) is 0.994. The molecule has 0 aromatic heterocycles. The van der Waals surface area contributed by atoms with E-state index in [2.05, 4.69) is 0 Å². The first kappa shape index (κ1) is 7.74. The predicted octanol–water partition coefficient (Wildman–Crippen LogP) is 2.31. The molecule has 0 atom stereocenters. The molecule has 1 aromatic rings. The molecule has 0 aliphatic heterocycles. The van der Waals surface area contributed by atoms with Gasteiger partial charge in [-0.15, -0.1) is 0 Å². The highest BCUT2D eigenvalue weighted by Crippen LogP contribution is 2.15. The van der Waals surface area contributed by atoms with Crippen molar-refractivity contribution in [1.29, 1.82) is 5.26 Å². The molecule has 0 heterocycles. The van der Waals surface area contributed by atoms with Crippen molar-refractivity contribution in [2.75, 3.05) is 0 Å². The largest absolute Gasteiger partial charge is 0.207 e. The molecule has 0 saturated heterocycles. The van der Waals surface area contributed by atoms with Crippen molar-refractivity contribution in [1.82, 2.24) is 0 Å². The van der Waals surface area contributed by atoms with Gasteiger partial charge in [-0.1, -0.05) is 6.07 Å². The fourth-order valence-corrected chi connectivity index (χ4v) is 0.994. The molecule has 0 bridgehead atoms. The normalized spacial score (nSPS) is 9.27. The smallest absolute Gasteiger partial charge is 0.127 e. The predicted molar refractivity (Wildman–Crippen MR) is 40.6 cm³/mol. The highest BCUT2D eigenvalue weighted by Gasteiger charge is 2.04. The molecule has 0 radical (unpaired) electrons. The Morgan fingerprint density at radius 3 is 2.45 bits per heavy atom. The van der Waals surface area contributed by atoms with E-state index in [0.29, 0.717) is 11.1 Å². The van der Waals surface area contributed by atoms with Gasteiger partial charge in [0.15, 0.2) is 0 Å². The third-order valence-electron chi connectivity index (χ3n) is 1.72. The van der Waals surface area contributed by atoms with Crippen LogP contribution in [0.2, 0.25) is 0 Å². The van der Waals surface area contributed by atoms with Crippen molar-refractivity contribution in [3.63, 3.8) is 0 Å². The van der Waals surface area contributed by atoms with Crippen molar-refractivity contribution in [3.05, 3.63) is 34.6 Å². The Hall–Kier alpha value is -1.36. The standard InChI is InChI=1S/C9H8FN/c1-6-3-4-9(10)7(2)8(6)5-11/h3-4H,1-2H3. The highest BCUT2D eigenvalue weighted by molar-refractivity contribution is 5.43. The number of rotatable bonds is 0. The lowest BCUT2D eigenvalue weighted by Crippen LogP contribution is -1.90. The van der Waals surface area contributed by atoms with Gasteiger partial charge in [0.2, 0.25) is 0 Å². The van der Waals surface area contributed by atoms with Gasteiger partial charge in [-0.3, -0.25) is 0 Å². The number of nitriles is 1. The zero-order valence-corrected chi connectivity index (χ0v) is 6.48. The number of aryl methyl sites for hydroxylation is 1. The summed E-state index contributed by atoms with van der Waals surface area (Å²) in [6, 6.07) is 4.96. The van der Waals surface area contributed by atoms with Gasteiger partial charge in [0, 0.05) is 5.56 Å². The summed E-state index contributed by atoms with van der Waals surface area (Å²) in [6.45, 7) is 3.41. The summed E-state index contributed by atoms with van der Waals surface area (Å²) in [6.07, 6.45) is 0. The molecule has 0 aliphatic rings. The fraction of sp³-hybridized carbons (Fsp3) is 0.222. The van der Waals surface area contributed by atoms with Crippen LogP contribution in [0.4, 0.5) is 4.39 Å². The van der Waals surface area contributed by atoms with Gasteiger partial charge in [0.1, 0.15) is 5.82 Å². The van der Waals surface area contributed by atoms with Crippen LogP contribution >= 0.6 is 0 Å². The van der Waals surface area contributed by atoms with Crippen molar-refractivity contribution in [2.45, 2.75) is 13.8 Å². The molecule has 2 heteroatoms. The van der Waals surface area contributed by atoms with Crippen LogP contribution in [-0.2, 0) is 0 Å². The molecule has 1 aromatic carbocycles. The third-order valence-corrected chi connectivity index (χ3v) is 1.72. The van der Waals surface area contributed by atoms with E-state index in [1.165, 1.54) is 6.07 Å². The van der Waals surface area contributed by atoms with Gasteiger partial charge in [-0.05, 0) is 25.5 Å². The molecule has 0 amide bonds. The van der Waals surface area contributed by atoms with Crippen molar-refractivity contribution < 1.29 is 4.39 Å². The lowest BCUT2D eigenvalue weighted by Gasteiger charge is -2.01. The first-order chi connectivity index (χ1) is 5.16. The van der Waals surface area contributed by atoms with Crippen LogP contribution in [0.15, 0.2) is 12.1 Å². The lowest BCUT2D eigenvalue weighted by molar-refractivity contribution is 0.617. The minimum absolute atomic E-state index is 0.313. The van der Waals surface area contributed by atoms with Gasteiger partial charge in [0.05, 0.1) is 11.6 Å². The zero-order chi connectivity index (χ0) is 8.43. The minimum Gasteiger partial charge on any atom is -0.207 e. The van der Waals surface area contributed by atoms with E-state index >= 15 is 0 Å². The maximum absolute atomic E-state index is 12.8. The Labute approximate surface area is 65.1 Å². The van der Waals surface area contributed by atoms with Crippen LogP contribution in [0.5, 0.6) is 0 Å². The molecule has 0 saturated carbocycles. The van der Waals surface area contributed by atoms with E-state index in [4.69, 9.17) is 5.26 Å². The van der Waals surface area contributed by atoms with E-state index < -0.39 is 0 Å². The third kappa shape index (κ3) is 1.22. The summed E-state index contributed by atoms with van der Waals surface area (Å²) in [4.78, 5) is 0. The quantitative estimate of drug-likeness (QED) is 0.555. The second-order valence-corrected chi connectivity index (χ2v) is 2.48. The molecular weight excluding hydrogens is 141 g/mol. The summed E-state index contributed by atoms with van der Waals surface area (Å²) < 4.78 is 12.8. The summed E-state index contributed by atoms with van der Waals surface area (Å²) >= 11 is 0. The van der Waals surface area contributed by atoms with Gasteiger partial charge in [-0.2, -0.15) is 5.26 Å². The van der Waals surface area contributed by atoms with Crippen LogP contribution in [0.1, 0.15) is 16.7 Å². The molecule has 0 aliphatic carbocycles. The molecule has 0 unspecified atom stereocenters. The minimum atomic E-state index is -0.313. The Morgan fingerprint density at radius 1 is 1.36 bits per heavy atom. The first-order valence-corrected chi connectivity index (χ1v) is 3.32. The van der Waals surface area contributed by atoms with E-state index in [9.17, 15) is 4.39 Å². The van der Waals surface area contributed by atoms with Crippen molar-refractivity contribution >= 4 is 0 Å². The maximum atomic E-state index is 12.8. The first-order valence-electron chi connectivity index (χ1n) is 3.32. The molecule has 0 spiro atoms. The van der Waals surface area contributed by atoms with Gasteiger partial charge in [0.25, 0.3) is 0 Å². The zero-order valence-electron chi connectivity index (χ0n) is 6.48. The number of hydrogen-bond donors (Lipinski definition) is 0. The average Bonchev–Trinajstić information content (AvgIpc) is 1.99. The van der Waals surface area contributed by atoms with Crippen LogP contribution in [-0.4, -0.2) is 0 Å². The number of nitrogens with zero attached hydrogens (tertiary/aromatic N) is 1. The number of hydrogen-bond acceptors (Lipinski definition) is 1. The molecule has 0 N–H and O–H groups in total. The highest BCUT2D eigenvalue weighted by atomic mass is 19.1. The number of halogens is 1. The van der Waals surface area contributed by atoms with Crippen molar-refractivity contribution in [2.24, 2.45) is 0 Å². The Kier molecular flexibility index (Phi) is 1.91. The van der Waals surface area contributed by atoms with Crippen LogP contribution in [0.25, 0.3) is 0 Å². The van der Waals surface area contributed by atoms with E-state index in [1.54, 1.807) is 19.9 Å². The Bertz CT molecular complexity index is 323. The van der Waals surface area contributed by atoms with Crippen molar-refractivity contribution in [3.8, 4) is 6.07 Å². The molecule has 11 heavy (non-hydrogen) atoms. The van der Waals surface area contributed by atoms with Crippen LogP contribution in [0, 0.1) is 31.0 Å². The number of benzene rings is 1. The Morgan fingerprint density at radius 2 is 2.00 bits per heavy atom. The second-order valence-electron chi connectivity index (χ2n) is 2.48. The van der Waals surface area contributed by atoms with E-state index in [1.807, 2.05) is 6.07 Å². The maximum Gasteiger partial charge on any atom is 0.127 e. The molecular formula is C9H8FN. The second kappa shape index (κ2) is 2.71. The van der Waals surface area contributed by atoms with Gasteiger partial charge >= 0.3 is 0 Å². The summed E-state index contributed by atoms with van der Waals surface area (Å²) in [5.41, 5.74) is 1.71. The summed E-state index contributed by atoms with van der Waals surface area (Å²) in [5, 5.41) is 8.61. The van der Waals surface area contributed by atoms with E-state index in [0.717, 1.165) is 5.56 Å². The lowest BCUT2D eigenvalue weighted by atomic mass is 10.0. The topological polar surface area (TPSA) is 23.8 Å².